The average molecular weight is 213 g/mol. The normalized spacial score (nSPS) is 12.4. The Morgan fingerprint density at radius 3 is 2.71 bits per heavy atom. The highest BCUT2D eigenvalue weighted by atomic mass is 32.2. The highest BCUT2D eigenvalue weighted by Gasteiger charge is 2.18. The summed E-state index contributed by atoms with van der Waals surface area (Å²) in [7, 11) is 0. The van der Waals surface area contributed by atoms with Crippen molar-refractivity contribution in [3.8, 4) is 0 Å². The van der Waals surface area contributed by atoms with E-state index in [1.54, 1.807) is 18.5 Å². The molecule has 6 heteroatoms. The van der Waals surface area contributed by atoms with Crippen molar-refractivity contribution < 1.29 is 9.90 Å². The van der Waals surface area contributed by atoms with Gasteiger partial charge in [-0.1, -0.05) is 11.8 Å². The fourth-order valence-electron chi connectivity index (χ4n) is 0.858. The van der Waals surface area contributed by atoms with Crippen molar-refractivity contribution in [3.63, 3.8) is 0 Å². The topological polar surface area (TPSA) is 89.1 Å². The van der Waals surface area contributed by atoms with Crippen molar-refractivity contribution in [2.24, 2.45) is 5.73 Å². The summed E-state index contributed by atoms with van der Waals surface area (Å²) in [6.45, 7) is 0.344. The summed E-state index contributed by atoms with van der Waals surface area (Å²) in [4.78, 5) is 18.6. The molecule has 1 aromatic heterocycles. The molecule has 0 saturated carbocycles. The van der Waals surface area contributed by atoms with Gasteiger partial charge in [0.1, 0.15) is 5.25 Å². The number of aliphatic carboxylic acids is 1. The lowest BCUT2D eigenvalue weighted by atomic mass is 10.3. The van der Waals surface area contributed by atoms with Gasteiger partial charge in [0.25, 0.3) is 0 Å². The average Bonchev–Trinajstić information content (AvgIpc) is 2.18. The third-order valence-electron chi connectivity index (χ3n) is 1.49. The van der Waals surface area contributed by atoms with Crippen molar-refractivity contribution >= 4 is 17.7 Å². The smallest absolute Gasteiger partial charge is 0.317 e. The largest absolute Gasteiger partial charge is 0.480 e. The molecule has 0 aliphatic heterocycles. The highest BCUT2D eigenvalue weighted by Crippen LogP contribution is 2.20. The molecular weight excluding hydrogens is 202 g/mol. The number of thioether (sulfide) groups is 1. The molecular formula is C8H11N3O2S. The maximum absolute atomic E-state index is 10.8. The summed E-state index contributed by atoms with van der Waals surface area (Å²) in [5, 5.41) is 8.73. The molecule has 1 rings (SSSR count). The van der Waals surface area contributed by atoms with Gasteiger partial charge in [-0.2, -0.15) is 0 Å². The van der Waals surface area contributed by atoms with Crippen LogP contribution in [-0.4, -0.2) is 32.8 Å². The van der Waals surface area contributed by atoms with Crippen molar-refractivity contribution in [3.05, 3.63) is 18.5 Å². The molecule has 3 N–H and O–H groups in total. The number of aromatic nitrogens is 2. The Labute approximate surface area is 85.7 Å². The number of carbonyl (C=O) groups is 1. The second-order valence-electron chi connectivity index (χ2n) is 2.55. The minimum atomic E-state index is -0.882. The van der Waals surface area contributed by atoms with Gasteiger partial charge in [-0.25, -0.2) is 9.97 Å². The fourth-order valence-corrected chi connectivity index (χ4v) is 1.71. The van der Waals surface area contributed by atoms with Gasteiger partial charge in [0.05, 0.1) is 0 Å². The molecule has 0 amide bonds. The van der Waals surface area contributed by atoms with E-state index in [0.29, 0.717) is 18.1 Å². The number of nitrogens with two attached hydrogens (primary N) is 1. The van der Waals surface area contributed by atoms with Crippen LogP contribution in [0.25, 0.3) is 0 Å². The van der Waals surface area contributed by atoms with E-state index in [1.165, 1.54) is 0 Å². The van der Waals surface area contributed by atoms with Crippen LogP contribution in [0.1, 0.15) is 6.42 Å². The van der Waals surface area contributed by atoms with E-state index in [9.17, 15) is 4.79 Å². The maximum atomic E-state index is 10.8. The van der Waals surface area contributed by atoms with Gasteiger partial charge < -0.3 is 10.8 Å². The molecule has 0 bridgehead atoms. The fraction of sp³-hybridized carbons (Fsp3) is 0.375. The van der Waals surface area contributed by atoms with Gasteiger partial charge in [0.15, 0.2) is 5.16 Å². The Hall–Kier alpha value is -1.14. The number of carboxylic acid groups (broad SMARTS) is 1. The molecule has 1 heterocycles. The molecule has 76 valence electrons. The minimum absolute atomic E-state index is 0.344. The van der Waals surface area contributed by atoms with Crippen molar-refractivity contribution in [1.29, 1.82) is 0 Å². The van der Waals surface area contributed by atoms with E-state index in [-0.39, 0.29) is 0 Å². The van der Waals surface area contributed by atoms with E-state index in [2.05, 4.69) is 9.97 Å². The number of rotatable bonds is 5. The van der Waals surface area contributed by atoms with Crippen LogP contribution < -0.4 is 5.73 Å². The van der Waals surface area contributed by atoms with Crippen molar-refractivity contribution in [2.45, 2.75) is 16.8 Å². The number of hydrogen-bond donors (Lipinski definition) is 2. The first-order valence-electron chi connectivity index (χ1n) is 4.10. The van der Waals surface area contributed by atoms with Gasteiger partial charge in [-0.3, -0.25) is 4.79 Å². The zero-order chi connectivity index (χ0) is 10.4. The molecule has 5 nitrogen and oxygen atoms in total. The van der Waals surface area contributed by atoms with Crippen LogP contribution in [0.15, 0.2) is 23.6 Å². The SMILES string of the molecule is NCCC(Sc1ncccn1)C(=O)O. The zero-order valence-electron chi connectivity index (χ0n) is 7.46. The molecule has 1 aromatic rings. The summed E-state index contributed by atoms with van der Waals surface area (Å²) in [5.74, 6) is -0.882. The Morgan fingerprint density at radius 1 is 1.57 bits per heavy atom. The molecule has 0 aliphatic carbocycles. The van der Waals surface area contributed by atoms with E-state index >= 15 is 0 Å². The van der Waals surface area contributed by atoms with Gasteiger partial charge >= 0.3 is 5.97 Å². The first kappa shape index (κ1) is 10.9. The third-order valence-corrected chi connectivity index (χ3v) is 2.64. The Kier molecular flexibility index (Phi) is 4.34. The van der Waals surface area contributed by atoms with Crippen LogP contribution in [0.4, 0.5) is 0 Å². The zero-order valence-corrected chi connectivity index (χ0v) is 8.28. The molecule has 0 radical (unpaired) electrons. The third kappa shape index (κ3) is 3.31. The molecule has 0 aromatic carbocycles. The summed E-state index contributed by atoms with van der Waals surface area (Å²) in [6, 6.07) is 1.68. The highest BCUT2D eigenvalue weighted by molar-refractivity contribution is 8.00. The van der Waals surface area contributed by atoms with Gasteiger partial charge in [0, 0.05) is 12.4 Å². The van der Waals surface area contributed by atoms with Crippen LogP contribution in [0.3, 0.4) is 0 Å². The number of nitrogens with zero attached hydrogens (tertiary/aromatic N) is 2. The monoisotopic (exact) mass is 213 g/mol. The van der Waals surface area contributed by atoms with Gasteiger partial charge in [0.2, 0.25) is 0 Å². The van der Waals surface area contributed by atoms with E-state index in [1.807, 2.05) is 0 Å². The molecule has 14 heavy (non-hydrogen) atoms. The molecule has 1 atom stereocenters. The second kappa shape index (κ2) is 5.56. The lowest BCUT2D eigenvalue weighted by molar-refractivity contribution is -0.136. The summed E-state index contributed by atoms with van der Waals surface area (Å²) >= 11 is 1.12. The molecule has 0 fully saturated rings. The van der Waals surface area contributed by atoms with E-state index < -0.39 is 11.2 Å². The first-order valence-corrected chi connectivity index (χ1v) is 4.98. The van der Waals surface area contributed by atoms with Crippen molar-refractivity contribution in [2.75, 3.05) is 6.54 Å². The molecule has 1 unspecified atom stereocenters. The standard InChI is InChI=1S/C8H11N3O2S/c9-3-2-6(7(12)13)14-8-10-4-1-5-11-8/h1,4-6H,2-3,9H2,(H,12,13). The minimum Gasteiger partial charge on any atom is -0.480 e. The molecule has 0 spiro atoms. The van der Waals surface area contributed by atoms with Crippen LogP contribution in [-0.2, 0) is 4.79 Å². The summed E-state index contributed by atoms with van der Waals surface area (Å²) in [5.41, 5.74) is 5.30. The Balaban J connectivity index is 2.60. The van der Waals surface area contributed by atoms with Crippen LogP contribution in [0.2, 0.25) is 0 Å². The van der Waals surface area contributed by atoms with Crippen LogP contribution >= 0.6 is 11.8 Å². The predicted octanol–water partition coefficient (Wildman–Crippen LogP) is 0.371. The van der Waals surface area contributed by atoms with Crippen molar-refractivity contribution in [1.82, 2.24) is 9.97 Å². The summed E-state index contributed by atoms with van der Waals surface area (Å²) < 4.78 is 0. The Morgan fingerprint density at radius 2 is 2.21 bits per heavy atom. The lowest BCUT2D eigenvalue weighted by Gasteiger charge is -2.08. The van der Waals surface area contributed by atoms with E-state index in [4.69, 9.17) is 10.8 Å². The molecule has 0 saturated heterocycles. The predicted molar refractivity (Wildman–Crippen MR) is 53.0 cm³/mol. The Bertz CT molecular complexity index is 294. The number of carboxylic acids is 1. The van der Waals surface area contributed by atoms with Crippen LogP contribution in [0, 0.1) is 0 Å². The van der Waals surface area contributed by atoms with Gasteiger partial charge in [-0.15, -0.1) is 0 Å². The number of hydrogen-bond acceptors (Lipinski definition) is 5. The molecule has 0 aliphatic rings. The van der Waals surface area contributed by atoms with E-state index in [0.717, 1.165) is 11.8 Å². The van der Waals surface area contributed by atoms with Gasteiger partial charge in [-0.05, 0) is 19.0 Å². The first-order chi connectivity index (χ1) is 6.74. The quantitative estimate of drug-likeness (QED) is 0.542. The second-order valence-corrected chi connectivity index (χ2v) is 3.72. The summed E-state index contributed by atoms with van der Waals surface area (Å²) in [6.07, 6.45) is 3.58. The lowest BCUT2D eigenvalue weighted by Crippen LogP contribution is -2.20. The maximum Gasteiger partial charge on any atom is 0.317 e. The van der Waals surface area contributed by atoms with Crippen LogP contribution in [0.5, 0.6) is 0 Å².